The maximum atomic E-state index is 6.19. The van der Waals surface area contributed by atoms with Gasteiger partial charge in [-0.15, -0.1) is 0 Å². The van der Waals surface area contributed by atoms with Gasteiger partial charge in [0.1, 0.15) is 0 Å². The van der Waals surface area contributed by atoms with Gasteiger partial charge in [0.25, 0.3) is 0 Å². The molecule has 2 nitrogen and oxygen atoms in total. The molecule has 1 aliphatic heterocycles. The summed E-state index contributed by atoms with van der Waals surface area (Å²) in [5.74, 6) is 0. The molecular weight excluding hydrogens is 208 g/mol. The van der Waals surface area contributed by atoms with Crippen molar-refractivity contribution in [3.8, 4) is 0 Å². The number of unbranched alkanes of at least 4 members (excludes halogenated alkanes) is 1. The zero-order valence-electron chi connectivity index (χ0n) is 11.6. The van der Waals surface area contributed by atoms with Crippen LogP contribution >= 0.6 is 0 Å². The molecule has 0 aromatic heterocycles. The summed E-state index contributed by atoms with van der Waals surface area (Å²) in [5, 5.41) is 0. The normalized spacial score (nSPS) is 26.5. The van der Waals surface area contributed by atoms with Crippen LogP contribution in [-0.4, -0.2) is 30.6 Å². The highest BCUT2D eigenvalue weighted by atomic mass is 15.1. The van der Waals surface area contributed by atoms with Crippen molar-refractivity contribution in [3.63, 3.8) is 0 Å². The number of nitrogens with two attached hydrogens (primary N) is 1. The number of hydrogen-bond acceptors (Lipinski definition) is 2. The van der Waals surface area contributed by atoms with Crippen LogP contribution in [0.15, 0.2) is 0 Å². The highest BCUT2D eigenvalue weighted by Gasteiger charge is 2.36. The summed E-state index contributed by atoms with van der Waals surface area (Å²) < 4.78 is 0. The maximum Gasteiger partial charge on any atom is 0.0167 e. The van der Waals surface area contributed by atoms with Gasteiger partial charge in [0.15, 0.2) is 0 Å². The maximum absolute atomic E-state index is 6.19. The van der Waals surface area contributed by atoms with Crippen molar-refractivity contribution in [3.05, 3.63) is 0 Å². The molecule has 1 saturated carbocycles. The fourth-order valence-corrected chi connectivity index (χ4v) is 3.72. The number of hydrogen-bond donors (Lipinski definition) is 1. The van der Waals surface area contributed by atoms with E-state index in [4.69, 9.17) is 5.73 Å². The van der Waals surface area contributed by atoms with E-state index in [0.29, 0.717) is 6.04 Å². The summed E-state index contributed by atoms with van der Waals surface area (Å²) in [7, 11) is 0. The zero-order valence-corrected chi connectivity index (χ0v) is 11.6. The van der Waals surface area contributed by atoms with Crippen LogP contribution in [0.2, 0.25) is 0 Å². The number of nitrogens with zero attached hydrogens (tertiary/aromatic N) is 1. The zero-order chi connectivity index (χ0) is 12.1. The topological polar surface area (TPSA) is 29.3 Å². The first-order valence-corrected chi connectivity index (χ1v) is 7.72. The van der Waals surface area contributed by atoms with E-state index in [1.807, 2.05) is 0 Å². The Hall–Kier alpha value is -0.0800. The Kier molecular flexibility index (Phi) is 4.87. The lowest BCUT2D eigenvalue weighted by Crippen LogP contribution is -2.44. The molecule has 17 heavy (non-hydrogen) atoms. The highest BCUT2D eigenvalue weighted by molar-refractivity contribution is 4.90. The van der Waals surface area contributed by atoms with Crippen molar-refractivity contribution < 1.29 is 0 Å². The SMILES string of the molecule is CCCC[C@H](N)CN1CCC2(CCCC2)CC1. The van der Waals surface area contributed by atoms with Crippen LogP contribution in [0, 0.1) is 5.41 Å². The molecule has 1 atom stereocenters. The van der Waals surface area contributed by atoms with E-state index in [0.717, 1.165) is 12.0 Å². The van der Waals surface area contributed by atoms with Gasteiger partial charge in [-0.1, -0.05) is 32.6 Å². The Balaban J connectivity index is 1.68. The molecule has 1 spiro atoms. The summed E-state index contributed by atoms with van der Waals surface area (Å²) in [5.41, 5.74) is 6.95. The molecule has 0 aromatic carbocycles. The van der Waals surface area contributed by atoms with Crippen molar-refractivity contribution in [2.24, 2.45) is 11.1 Å². The van der Waals surface area contributed by atoms with Gasteiger partial charge in [-0.25, -0.2) is 0 Å². The molecule has 1 saturated heterocycles. The van der Waals surface area contributed by atoms with Crippen molar-refractivity contribution in [2.75, 3.05) is 19.6 Å². The lowest BCUT2D eigenvalue weighted by atomic mass is 9.77. The molecule has 2 heteroatoms. The Labute approximate surface area is 107 Å². The van der Waals surface area contributed by atoms with Crippen LogP contribution < -0.4 is 5.73 Å². The molecule has 0 radical (unpaired) electrons. The van der Waals surface area contributed by atoms with Gasteiger partial charge in [-0.3, -0.25) is 0 Å². The lowest BCUT2D eigenvalue weighted by Gasteiger charge is -2.40. The third kappa shape index (κ3) is 3.69. The van der Waals surface area contributed by atoms with Crippen molar-refractivity contribution in [1.82, 2.24) is 4.90 Å². The second-order valence-corrected chi connectivity index (χ2v) is 6.41. The van der Waals surface area contributed by atoms with E-state index in [9.17, 15) is 0 Å². The predicted molar refractivity (Wildman–Crippen MR) is 74.1 cm³/mol. The summed E-state index contributed by atoms with van der Waals surface area (Å²) in [4.78, 5) is 2.61. The molecule has 0 aromatic rings. The van der Waals surface area contributed by atoms with E-state index in [-0.39, 0.29) is 0 Å². The van der Waals surface area contributed by atoms with E-state index in [2.05, 4.69) is 11.8 Å². The minimum Gasteiger partial charge on any atom is -0.327 e. The fraction of sp³-hybridized carbons (Fsp3) is 1.00. The standard InChI is InChI=1S/C15H30N2/c1-2-3-6-14(16)13-17-11-9-15(10-12-17)7-4-5-8-15/h14H,2-13,16H2,1H3/t14-/m0/s1. The summed E-state index contributed by atoms with van der Waals surface area (Å²) in [6.45, 7) is 5.99. The molecule has 2 rings (SSSR count). The van der Waals surface area contributed by atoms with E-state index in [1.54, 1.807) is 0 Å². The molecule has 1 aliphatic carbocycles. The third-order valence-electron chi connectivity index (χ3n) is 5.00. The third-order valence-corrected chi connectivity index (χ3v) is 5.00. The van der Waals surface area contributed by atoms with Gasteiger partial charge in [-0.05, 0) is 50.6 Å². The summed E-state index contributed by atoms with van der Waals surface area (Å²) in [6.07, 6.45) is 12.6. The van der Waals surface area contributed by atoms with Crippen LogP contribution in [0.3, 0.4) is 0 Å². The number of likely N-dealkylation sites (tertiary alicyclic amines) is 1. The van der Waals surface area contributed by atoms with Gasteiger partial charge in [0.2, 0.25) is 0 Å². The van der Waals surface area contributed by atoms with E-state index < -0.39 is 0 Å². The minimum absolute atomic E-state index is 0.410. The second kappa shape index (κ2) is 6.19. The van der Waals surface area contributed by atoms with Crippen molar-refractivity contribution >= 4 is 0 Å². The molecule has 2 aliphatic rings. The predicted octanol–water partition coefficient (Wildman–Crippen LogP) is 3.16. The van der Waals surface area contributed by atoms with Crippen molar-refractivity contribution in [1.29, 1.82) is 0 Å². The Bertz CT molecular complexity index is 211. The van der Waals surface area contributed by atoms with Crippen LogP contribution in [0.25, 0.3) is 0 Å². The first-order chi connectivity index (χ1) is 8.24. The molecule has 0 unspecified atom stereocenters. The van der Waals surface area contributed by atoms with Gasteiger partial charge < -0.3 is 10.6 Å². The molecular formula is C15H30N2. The molecule has 2 N–H and O–H groups in total. The molecule has 0 amide bonds. The van der Waals surface area contributed by atoms with Crippen LogP contribution in [-0.2, 0) is 0 Å². The smallest absolute Gasteiger partial charge is 0.0167 e. The number of rotatable bonds is 5. The van der Waals surface area contributed by atoms with Crippen LogP contribution in [0.5, 0.6) is 0 Å². The summed E-state index contributed by atoms with van der Waals surface area (Å²) in [6, 6.07) is 0.410. The Morgan fingerprint density at radius 3 is 2.35 bits per heavy atom. The quantitative estimate of drug-likeness (QED) is 0.797. The van der Waals surface area contributed by atoms with E-state index in [1.165, 1.54) is 70.9 Å². The first kappa shape index (κ1) is 13.4. The van der Waals surface area contributed by atoms with E-state index >= 15 is 0 Å². The molecule has 2 fully saturated rings. The highest BCUT2D eigenvalue weighted by Crippen LogP contribution is 2.46. The first-order valence-electron chi connectivity index (χ1n) is 7.72. The van der Waals surface area contributed by atoms with Gasteiger partial charge >= 0.3 is 0 Å². The minimum atomic E-state index is 0.410. The largest absolute Gasteiger partial charge is 0.327 e. The lowest BCUT2D eigenvalue weighted by molar-refractivity contribution is 0.103. The second-order valence-electron chi connectivity index (χ2n) is 6.41. The number of piperidine rings is 1. The average Bonchev–Trinajstić information content (AvgIpc) is 2.79. The van der Waals surface area contributed by atoms with Gasteiger partial charge in [-0.2, -0.15) is 0 Å². The van der Waals surface area contributed by atoms with Gasteiger partial charge in [0.05, 0.1) is 0 Å². The average molecular weight is 238 g/mol. The van der Waals surface area contributed by atoms with Gasteiger partial charge in [0, 0.05) is 12.6 Å². The summed E-state index contributed by atoms with van der Waals surface area (Å²) >= 11 is 0. The monoisotopic (exact) mass is 238 g/mol. The Morgan fingerprint density at radius 2 is 1.76 bits per heavy atom. The van der Waals surface area contributed by atoms with Crippen molar-refractivity contribution in [2.45, 2.75) is 70.8 Å². The molecule has 1 heterocycles. The Morgan fingerprint density at radius 1 is 1.12 bits per heavy atom. The molecule has 100 valence electrons. The molecule has 0 bridgehead atoms. The fourth-order valence-electron chi connectivity index (χ4n) is 3.72. The van der Waals surface area contributed by atoms with Crippen LogP contribution in [0.1, 0.15) is 64.7 Å². The van der Waals surface area contributed by atoms with Crippen LogP contribution in [0.4, 0.5) is 0 Å².